The number of anilines is 1. The fourth-order valence-corrected chi connectivity index (χ4v) is 6.18. The number of piperidine rings is 1. The van der Waals surface area contributed by atoms with E-state index >= 15 is 0 Å². The highest BCUT2D eigenvalue weighted by atomic mass is 19.1. The molecule has 0 saturated carbocycles. The maximum absolute atomic E-state index is 14.0. The number of H-pyrrole nitrogens is 1. The van der Waals surface area contributed by atoms with Gasteiger partial charge < -0.3 is 20.1 Å². The molecular formula is C31H33FN4O2. The Kier molecular flexibility index (Phi) is 6.62. The van der Waals surface area contributed by atoms with E-state index in [1.165, 1.54) is 38.1 Å². The molecule has 3 aliphatic rings. The molecule has 7 heteroatoms. The summed E-state index contributed by atoms with van der Waals surface area (Å²) in [4.78, 5) is 34.0. The minimum Gasteiger partial charge on any atom is -0.361 e. The topological polar surface area (TPSA) is 68.4 Å². The summed E-state index contributed by atoms with van der Waals surface area (Å²) >= 11 is 0. The highest BCUT2D eigenvalue weighted by Gasteiger charge is 2.30. The normalized spacial score (nSPS) is 19.3. The van der Waals surface area contributed by atoms with E-state index in [1.54, 1.807) is 6.07 Å². The first kappa shape index (κ1) is 24.6. The molecule has 38 heavy (non-hydrogen) atoms. The summed E-state index contributed by atoms with van der Waals surface area (Å²) in [5, 5.41) is 2.94. The van der Waals surface area contributed by atoms with Gasteiger partial charge in [-0.1, -0.05) is 24.3 Å². The molecule has 0 unspecified atom stereocenters. The molecule has 0 atom stereocenters. The molecule has 2 saturated heterocycles. The van der Waals surface area contributed by atoms with E-state index in [2.05, 4.69) is 15.2 Å². The maximum Gasteiger partial charge on any atom is 0.256 e. The molecule has 3 aromatic rings. The van der Waals surface area contributed by atoms with Crippen molar-refractivity contribution in [2.24, 2.45) is 0 Å². The van der Waals surface area contributed by atoms with Crippen LogP contribution in [0.2, 0.25) is 0 Å². The van der Waals surface area contributed by atoms with Crippen molar-refractivity contribution in [3.8, 4) is 11.1 Å². The molecule has 2 aromatic carbocycles. The van der Waals surface area contributed by atoms with Gasteiger partial charge in [0.1, 0.15) is 5.82 Å². The van der Waals surface area contributed by atoms with E-state index in [0.717, 1.165) is 53.9 Å². The highest BCUT2D eigenvalue weighted by Crippen LogP contribution is 2.40. The standard InChI is InChI=1S/C31H33FN4O2/c1-20-22(17-29(37)36-14-10-24(11-15-36)35-12-2-3-13-35)19-33-28(20)18-26-30-25(21-6-4-7-23(32)16-21)8-5-9-27(30)34-31(26)38/h4-9,16,18-19,24,33H,2-3,10-15,17H2,1H3,(H,34,38). The number of hydrogen-bond acceptors (Lipinski definition) is 3. The van der Waals surface area contributed by atoms with Gasteiger partial charge in [0, 0.05) is 42.3 Å². The second-order valence-electron chi connectivity index (χ2n) is 10.6. The molecule has 0 bridgehead atoms. The first-order chi connectivity index (χ1) is 18.5. The average Bonchev–Trinajstić information content (AvgIpc) is 3.65. The Morgan fingerprint density at radius 2 is 1.84 bits per heavy atom. The summed E-state index contributed by atoms with van der Waals surface area (Å²) in [5.74, 6) is -0.363. The summed E-state index contributed by atoms with van der Waals surface area (Å²) in [7, 11) is 0. The van der Waals surface area contributed by atoms with Crippen LogP contribution < -0.4 is 5.32 Å². The van der Waals surface area contributed by atoms with Gasteiger partial charge in [0.15, 0.2) is 0 Å². The Labute approximate surface area is 222 Å². The molecule has 2 N–H and O–H groups in total. The molecule has 2 fully saturated rings. The zero-order valence-corrected chi connectivity index (χ0v) is 21.7. The van der Waals surface area contributed by atoms with Crippen molar-refractivity contribution in [1.82, 2.24) is 14.8 Å². The minimum absolute atomic E-state index is 0.156. The van der Waals surface area contributed by atoms with Crippen LogP contribution in [0, 0.1) is 12.7 Å². The van der Waals surface area contributed by atoms with Crippen molar-refractivity contribution in [1.29, 1.82) is 0 Å². The lowest BCUT2D eigenvalue weighted by Gasteiger charge is -2.36. The number of aromatic nitrogens is 1. The Hall–Kier alpha value is -3.71. The molecule has 3 aliphatic heterocycles. The highest BCUT2D eigenvalue weighted by molar-refractivity contribution is 6.36. The molecule has 6 nitrogen and oxygen atoms in total. The number of carbonyl (C=O) groups excluding carboxylic acids is 2. The Morgan fingerprint density at radius 1 is 1.08 bits per heavy atom. The lowest BCUT2D eigenvalue weighted by atomic mass is 9.94. The van der Waals surface area contributed by atoms with Crippen molar-refractivity contribution in [3.05, 3.63) is 76.9 Å². The summed E-state index contributed by atoms with van der Waals surface area (Å²) in [5.41, 5.74) is 6.20. The van der Waals surface area contributed by atoms with Crippen LogP contribution in [0.25, 0.3) is 22.8 Å². The van der Waals surface area contributed by atoms with Gasteiger partial charge >= 0.3 is 0 Å². The summed E-state index contributed by atoms with van der Waals surface area (Å²) in [6, 6.07) is 12.6. The molecule has 1 aromatic heterocycles. The van der Waals surface area contributed by atoms with Crippen LogP contribution in [-0.2, 0) is 16.0 Å². The number of fused-ring (bicyclic) bond motifs is 1. The summed E-state index contributed by atoms with van der Waals surface area (Å²) < 4.78 is 14.0. The molecule has 6 rings (SSSR count). The molecule has 2 amide bonds. The third-order valence-electron chi connectivity index (χ3n) is 8.35. The van der Waals surface area contributed by atoms with Gasteiger partial charge in [-0.3, -0.25) is 9.59 Å². The Morgan fingerprint density at radius 3 is 2.61 bits per heavy atom. The van der Waals surface area contributed by atoms with Crippen LogP contribution in [0.15, 0.2) is 48.7 Å². The average molecular weight is 513 g/mol. The molecule has 0 radical (unpaired) electrons. The van der Waals surface area contributed by atoms with Crippen LogP contribution in [0.3, 0.4) is 0 Å². The van der Waals surface area contributed by atoms with E-state index in [1.807, 2.05) is 48.4 Å². The largest absolute Gasteiger partial charge is 0.361 e. The lowest BCUT2D eigenvalue weighted by molar-refractivity contribution is -0.132. The van der Waals surface area contributed by atoms with Crippen molar-refractivity contribution in [2.75, 3.05) is 31.5 Å². The van der Waals surface area contributed by atoms with Crippen LogP contribution in [0.1, 0.15) is 48.1 Å². The molecule has 0 spiro atoms. The number of hydrogen-bond donors (Lipinski definition) is 2. The minimum atomic E-state index is -0.322. The number of nitrogens with zero attached hydrogens (tertiary/aromatic N) is 2. The zero-order chi connectivity index (χ0) is 26.2. The molecule has 0 aliphatic carbocycles. The molecule has 196 valence electrons. The molecular weight excluding hydrogens is 479 g/mol. The fourth-order valence-electron chi connectivity index (χ4n) is 6.18. The fraction of sp³-hybridized carbons (Fsp3) is 0.355. The van der Waals surface area contributed by atoms with Gasteiger partial charge in [0.25, 0.3) is 5.91 Å². The van der Waals surface area contributed by atoms with E-state index in [4.69, 9.17) is 0 Å². The van der Waals surface area contributed by atoms with E-state index in [0.29, 0.717) is 29.3 Å². The monoisotopic (exact) mass is 512 g/mol. The van der Waals surface area contributed by atoms with Crippen LogP contribution in [0.5, 0.6) is 0 Å². The predicted molar refractivity (Wildman–Crippen MR) is 148 cm³/mol. The second kappa shape index (κ2) is 10.2. The van der Waals surface area contributed by atoms with Gasteiger partial charge in [0.2, 0.25) is 5.91 Å². The van der Waals surface area contributed by atoms with E-state index in [-0.39, 0.29) is 17.6 Å². The summed E-state index contributed by atoms with van der Waals surface area (Å²) in [6.07, 6.45) is 8.76. The molecule has 4 heterocycles. The van der Waals surface area contributed by atoms with Crippen molar-refractivity contribution < 1.29 is 14.0 Å². The van der Waals surface area contributed by atoms with Gasteiger partial charge in [-0.05, 0) is 92.2 Å². The number of likely N-dealkylation sites (tertiary alicyclic amines) is 2. The Balaban J connectivity index is 1.20. The van der Waals surface area contributed by atoms with E-state index < -0.39 is 0 Å². The first-order valence-electron chi connectivity index (χ1n) is 13.6. The number of amides is 2. The lowest BCUT2D eigenvalue weighted by Crippen LogP contribution is -2.46. The van der Waals surface area contributed by atoms with Crippen LogP contribution >= 0.6 is 0 Å². The third-order valence-corrected chi connectivity index (χ3v) is 8.35. The van der Waals surface area contributed by atoms with Crippen LogP contribution in [-0.4, -0.2) is 58.8 Å². The number of halogens is 1. The quantitative estimate of drug-likeness (QED) is 0.459. The number of nitrogens with one attached hydrogen (secondary N) is 2. The van der Waals surface area contributed by atoms with Gasteiger partial charge in [0.05, 0.1) is 12.0 Å². The van der Waals surface area contributed by atoms with Crippen molar-refractivity contribution >= 4 is 29.2 Å². The third kappa shape index (κ3) is 4.67. The van der Waals surface area contributed by atoms with Crippen LogP contribution in [0.4, 0.5) is 10.1 Å². The van der Waals surface area contributed by atoms with Crippen molar-refractivity contribution in [2.45, 2.75) is 45.1 Å². The SMILES string of the molecule is Cc1c(CC(=O)N2CCC(N3CCCC3)CC2)c[nH]c1C=C1C(=O)Nc2cccc(-c3cccc(F)c3)c21. The Bertz CT molecular complexity index is 1410. The second-order valence-corrected chi connectivity index (χ2v) is 10.6. The number of benzene rings is 2. The number of rotatable bonds is 5. The maximum atomic E-state index is 14.0. The van der Waals surface area contributed by atoms with Gasteiger partial charge in [-0.25, -0.2) is 4.39 Å². The zero-order valence-electron chi connectivity index (χ0n) is 21.7. The van der Waals surface area contributed by atoms with Gasteiger partial charge in [-0.15, -0.1) is 0 Å². The smallest absolute Gasteiger partial charge is 0.256 e. The van der Waals surface area contributed by atoms with E-state index in [9.17, 15) is 14.0 Å². The first-order valence-corrected chi connectivity index (χ1v) is 13.6. The predicted octanol–water partition coefficient (Wildman–Crippen LogP) is 5.25. The van der Waals surface area contributed by atoms with Crippen molar-refractivity contribution in [3.63, 3.8) is 0 Å². The number of carbonyl (C=O) groups is 2. The summed E-state index contributed by atoms with van der Waals surface area (Å²) in [6.45, 7) is 6.02. The van der Waals surface area contributed by atoms with Gasteiger partial charge in [-0.2, -0.15) is 0 Å². The number of aromatic amines is 1.